The summed E-state index contributed by atoms with van der Waals surface area (Å²) in [6, 6.07) is 5.23. The summed E-state index contributed by atoms with van der Waals surface area (Å²) in [5, 5.41) is 13.3. The first-order valence-corrected chi connectivity index (χ1v) is 9.14. The molecule has 0 aromatic heterocycles. The van der Waals surface area contributed by atoms with E-state index in [9.17, 15) is 36.9 Å². The summed E-state index contributed by atoms with van der Waals surface area (Å²) >= 11 is 5.11. The lowest BCUT2D eigenvalue weighted by Crippen LogP contribution is -2.53. The molecule has 0 unspecified atom stereocenters. The third kappa shape index (κ3) is 4.26. The third-order valence-electron chi connectivity index (χ3n) is 4.64. The van der Waals surface area contributed by atoms with Crippen molar-refractivity contribution in [3.63, 3.8) is 0 Å². The van der Waals surface area contributed by atoms with Crippen molar-refractivity contribution in [1.82, 2.24) is 10.2 Å². The number of hydrogen-bond donors (Lipinski definition) is 1. The van der Waals surface area contributed by atoms with E-state index in [-0.39, 0.29) is 36.9 Å². The molecule has 7 nitrogen and oxygen atoms in total. The number of nitrogens with one attached hydrogen (secondary N) is 1. The topological polar surface area (TPSA) is 78.7 Å². The summed E-state index contributed by atoms with van der Waals surface area (Å²) < 4.78 is 68.1. The quantitative estimate of drug-likeness (QED) is 0.189. The molecular formula is C18H13F5N4O3S. The van der Waals surface area contributed by atoms with Gasteiger partial charge in [0.25, 0.3) is 11.6 Å². The summed E-state index contributed by atoms with van der Waals surface area (Å²) in [4.78, 5) is 25.1. The van der Waals surface area contributed by atoms with Crippen LogP contribution in [-0.4, -0.2) is 47.0 Å². The number of hydrogen-bond acceptors (Lipinski definition) is 5. The van der Waals surface area contributed by atoms with Crippen LogP contribution in [0.4, 0.5) is 33.3 Å². The van der Waals surface area contributed by atoms with E-state index in [0.717, 1.165) is 11.0 Å². The Morgan fingerprint density at radius 1 is 0.935 bits per heavy atom. The predicted octanol–water partition coefficient (Wildman–Crippen LogP) is 3.13. The summed E-state index contributed by atoms with van der Waals surface area (Å²) in [5.74, 6) is -11.0. The Morgan fingerprint density at radius 2 is 1.45 bits per heavy atom. The van der Waals surface area contributed by atoms with Crippen LogP contribution in [0.5, 0.6) is 0 Å². The van der Waals surface area contributed by atoms with Gasteiger partial charge in [-0.25, -0.2) is 22.0 Å². The third-order valence-corrected chi connectivity index (χ3v) is 5.00. The number of rotatable bonds is 3. The van der Waals surface area contributed by atoms with Crippen LogP contribution in [0, 0.1) is 39.2 Å². The maximum absolute atomic E-state index is 14.0. The number of piperazine rings is 1. The lowest BCUT2D eigenvalue weighted by atomic mass is 10.1. The number of amides is 1. The summed E-state index contributed by atoms with van der Waals surface area (Å²) in [7, 11) is 0. The molecule has 1 saturated heterocycles. The highest BCUT2D eigenvalue weighted by Gasteiger charge is 2.31. The first-order valence-electron chi connectivity index (χ1n) is 8.73. The molecular weight excluding hydrogens is 447 g/mol. The van der Waals surface area contributed by atoms with Crippen molar-refractivity contribution in [2.45, 2.75) is 0 Å². The van der Waals surface area contributed by atoms with Gasteiger partial charge in [0.1, 0.15) is 11.3 Å². The first kappa shape index (κ1) is 22.3. The average molecular weight is 460 g/mol. The van der Waals surface area contributed by atoms with Crippen LogP contribution >= 0.6 is 12.2 Å². The number of carbonyl (C=O) groups is 1. The predicted molar refractivity (Wildman–Crippen MR) is 103 cm³/mol. The minimum Gasteiger partial charge on any atom is -0.363 e. The van der Waals surface area contributed by atoms with E-state index in [4.69, 9.17) is 12.2 Å². The molecule has 0 radical (unpaired) electrons. The number of nitro benzene ring substituents is 1. The van der Waals surface area contributed by atoms with Gasteiger partial charge in [-0.2, -0.15) is 0 Å². The largest absolute Gasteiger partial charge is 0.363 e. The van der Waals surface area contributed by atoms with Gasteiger partial charge in [-0.05, 0) is 18.3 Å². The van der Waals surface area contributed by atoms with E-state index in [1.54, 1.807) is 0 Å². The Kier molecular flexibility index (Phi) is 6.34. The second-order valence-electron chi connectivity index (χ2n) is 6.43. The number of thiocarbonyl (C=S) groups is 1. The summed E-state index contributed by atoms with van der Waals surface area (Å²) in [6.07, 6.45) is 0. The molecule has 13 heteroatoms. The fourth-order valence-corrected chi connectivity index (χ4v) is 3.35. The van der Waals surface area contributed by atoms with Crippen molar-refractivity contribution < 1.29 is 31.7 Å². The number of carbonyl (C=O) groups excluding carboxylic acids is 1. The summed E-state index contributed by atoms with van der Waals surface area (Å²) in [6.45, 7) is -0.315. The monoisotopic (exact) mass is 460 g/mol. The molecule has 1 fully saturated rings. The Bertz CT molecular complexity index is 1050. The maximum atomic E-state index is 14.0. The molecule has 1 N–H and O–H groups in total. The van der Waals surface area contributed by atoms with E-state index in [2.05, 4.69) is 5.32 Å². The van der Waals surface area contributed by atoms with Crippen molar-refractivity contribution >= 4 is 34.6 Å². The Hall–Kier alpha value is -3.35. The molecule has 2 aromatic carbocycles. The van der Waals surface area contributed by atoms with Crippen LogP contribution in [0.2, 0.25) is 0 Å². The number of benzene rings is 2. The smallest absolute Gasteiger partial charge is 0.282 e. The van der Waals surface area contributed by atoms with E-state index in [1.807, 2.05) is 0 Å². The van der Waals surface area contributed by atoms with Crippen molar-refractivity contribution in [3.05, 3.63) is 69.0 Å². The fraction of sp³-hybridized carbons (Fsp3) is 0.222. The van der Waals surface area contributed by atoms with Gasteiger partial charge in [-0.15, -0.1) is 0 Å². The van der Waals surface area contributed by atoms with Crippen LogP contribution in [0.15, 0.2) is 24.3 Å². The zero-order valence-corrected chi connectivity index (χ0v) is 16.3. The van der Waals surface area contributed by atoms with Gasteiger partial charge in [0, 0.05) is 32.2 Å². The minimum atomic E-state index is -2.24. The van der Waals surface area contributed by atoms with Gasteiger partial charge >= 0.3 is 0 Å². The lowest BCUT2D eigenvalue weighted by molar-refractivity contribution is -0.385. The van der Waals surface area contributed by atoms with Crippen molar-refractivity contribution in [2.75, 3.05) is 31.1 Å². The van der Waals surface area contributed by atoms with Gasteiger partial charge < -0.3 is 9.80 Å². The van der Waals surface area contributed by atoms with Crippen molar-refractivity contribution in [3.8, 4) is 0 Å². The molecule has 1 heterocycles. The second-order valence-corrected chi connectivity index (χ2v) is 6.81. The molecule has 2 aromatic rings. The molecule has 0 aliphatic carbocycles. The van der Waals surface area contributed by atoms with Gasteiger partial charge in [0.2, 0.25) is 5.82 Å². The van der Waals surface area contributed by atoms with Crippen LogP contribution in [-0.2, 0) is 0 Å². The zero-order valence-electron chi connectivity index (χ0n) is 15.5. The molecule has 164 valence electrons. The van der Waals surface area contributed by atoms with E-state index >= 15 is 0 Å². The van der Waals surface area contributed by atoms with Gasteiger partial charge in [-0.3, -0.25) is 20.2 Å². The summed E-state index contributed by atoms with van der Waals surface area (Å²) in [5.41, 5.74) is -1.67. The molecule has 1 amide bonds. The van der Waals surface area contributed by atoms with Crippen LogP contribution < -0.4 is 10.2 Å². The SMILES string of the molecule is O=C(NC(=S)N1CCN(c2c(F)c(F)c(F)c(F)c2F)CC1)c1ccccc1[N+](=O)[O-]. The second kappa shape index (κ2) is 8.79. The number of anilines is 1. The Balaban J connectivity index is 1.69. The molecule has 0 atom stereocenters. The molecule has 0 saturated carbocycles. The highest BCUT2D eigenvalue weighted by atomic mass is 32.1. The molecule has 31 heavy (non-hydrogen) atoms. The van der Waals surface area contributed by atoms with E-state index in [0.29, 0.717) is 0 Å². The zero-order chi connectivity index (χ0) is 22.9. The van der Waals surface area contributed by atoms with Gasteiger partial charge in [-0.1, -0.05) is 12.1 Å². The van der Waals surface area contributed by atoms with Crippen LogP contribution in [0.25, 0.3) is 0 Å². The van der Waals surface area contributed by atoms with Crippen LogP contribution in [0.3, 0.4) is 0 Å². The molecule has 0 bridgehead atoms. The fourth-order valence-electron chi connectivity index (χ4n) is 3.07. The number of nitrogens with zero attached hydrogens (tertiary/aromatic N) is 3. The van der Waals surface area contributed by atoms with Crippen LogP contribution in [0.1, 0.15) is 10.4 Å². The van der Waals surface area contributed by atoms with E-state index < -0.39 is 51.3 Å². The van der Waals surface area contributed by atoms with Crippen molar-refractivity contribution in [2.24, 2.45) is 0 Å². The molecule has 3 rings (SSSR count). The molecule has 1 aliphatic heterocycles. The molecule has 1 aliphatic rings. The normalized spacial score (nSPS) is 13.8. The van der Waals surface area contributed by atoms with Crippen molar-refractivity contribution in [1.29, 1.82) is 0 Å². The van der Waals surface area contributed by atoms with E-state index in [1.165, 1.54) is 23.1 Å². The lowest BCUT2D eigenvalue weighted by Gasteiger charge is -2.37. The standard InChI is InChI=1S/C18H13F5N4O3S/c19-11-12(20)14(22)16(15(23)13(11)21)25-5-7-26(8-6-25)18(31)24-17(28)9-3-1-2-4-10(9)27(29)30/h1-4H,5-8H2,(H,24,28,31). The average Bonchev–Trinajstić information content (AvgIpc) is 2.76. The first-order chi connectivity index (χ1) is 14.6. The Labute approximate surface area is 177 Å². The minimum absolute atomic E-state index is 0.00447. The highest BCUT2D eigenvalue weighted by Crippen LogP contribution is 2.30. The number of halogens is 5. The number of para-hydroxylation sites is 1. The Morgan fingerprint density at radius 3 is 2.00 bits per heavy atom. The highest BCUT2D eigenvalue weighted by molar-refractivity contribution is 7.80. The molecule has 0 spiro atoms. The van der Waals surface area contributed by atoms with Gasteiger partial charge in [0.05, 0.1) is 4.92 Å². The number of nitro groups is 1. The van der Waals surface area contributed by atoms with Gasteiger partial charge in [0.15, 0.2) is 28.4 Å². The maximum Gasteiger partial charge on any atom is 0.282 e.